The minimum atomic E-state index is -0.806. The van der Waals surface area contributed by atoms with Gasteiger partial charge in [0, 0.05) is 23.8 Å². The van der Waals surface area contributed by atoms with Crippen LogP contribution in [0.1, 0.15) is 29.6 Å². The van der Waals surface area contributed by atoms with E-state index < -0.39 is 6.04 Å². The van der Waals surface area contributed by atoms with Crippen LogP contribution in [-0.2, 0) is 9.59 Å². The monoisotopic (exact) mass is 478 g/mol. The summed E-state index contributed by atoms with van der Waals surface area (Å²) in [5.74, 6) is 0.404. The Balaban J connectivity index is 1.19. The molecule has 0 aliphatic carbocycles. The summed E-state index contributed by atoms with van der Waals surface area (Å²) in [6, 6.07) is 11.6. The van der Waals surface area contributed by atoms with Crippen LogP contribution in [0, 0.1) is 0 Å². The van der Waals surface area contributed by atoms with Crippen molar-refractivity contribution in [3.05, 3.63) is 53.4 Å². The molecule has 1 atom stereocenters. The van der Waals surface area contributed by atoms with Gasteiger partial charge in [0.25, 0.3) is 5.91 Å². The molecule has 0 saturated carbocycles. The number of hydrogen-bond acceptors (Lipinski definition) is 7. The summed E-state index contributed by atoms with van der Waals surface area (Å²) >= 11 is 1.31. The van der Waals surface area contributed by atoms with E-state index in [4.69, 9.17) is 9.47 Å². The van der Waals surface area contributed by atoms with E-state index >= 15 is 0 Å². The van der Waals surface area contributed by atoms with Gasteiger partial charge in [-0.1, -0.05) is 12.1 Å². The summed E-state index contributed by atoms with van der Waals surface area (Å²) in [5, 5.41) is 10.5. The molecule has 3 amide bonds. The first-order valence-electron chi connectivity index (χ1n) is 10.9. The van der Waals surface area contributed by atoms with E-state index in [0.717, 1.165) is 12.0 Å². The standard InChI is InChI=1S/C24H22N4O5S/c29-21(9-7-17-23(31)25-16-5-2-1-4-15(16)22(30)26-17)28-24-27-18(13-34-24)14-6-8-19-20(12-14)33-11-3-10-32-19/h1-2,4-6,8,12-13,17H,3,7,9-11H2,(H,25,31)(H,26,30)(H,27,28,29)/t17-/m1/s1. The third kappa shape index (κ3) is 4.72. The first kappa shape index (κ1) is 21.9. The van der Waals surface area contributed by atoms with Gasteiger partial charge in [-0.25, -0.2) is 4.98 Å². The molecule has 2 aliphatic heterocycles. The molecular formula is C24H22N4O5S. The number of anilines is 2. The Kier molecular flexibility index (Phi) is 6.13. The van der Waals surface area contributed by atoms with Crippen LogP contribution < -0.4 is 25.4 Å². The molecule has 3 N–H and O–H groups in total. The number of thiazole rings is 1. The number of ether oxygens (including phenoxy) is 2. The fraction of sp³-hybridized carbons (Fsp3) is 0.250. The number of amides is 3. The van der Waals surface area contributed by atoms with Crippen molar-refractivity contribution < 1.29 is 23.9 Å². The van der Waals surface area contributed by atoms with Gasteiger partial charge in [-0.2, -0.15) is 0 Å². The summed E-state index contributed by atoms with van der Waals surface area (Å²) in [4.78, 5) is 41.9. The zero-order valence-electron chi connectivity index (χ0n) is 18.1. The van der Waals surface area contributed by atoms with Gasteiger partial charge in [-0.05, 0) is 36.8 Å². The fourth-order valence-corrected chi connectivity index (χ4v) is 4.49. The molecule has 0 bridgehead atoms. The highest BCUT2D eigenvalue weighted by Crippen LogP contribution is 2.35. The molecule has 2 aromatic carbocycles. The third-order valence-corrected chi connectivity index (χ3v) is 6.26. The van der Waals surface area contributed by atoms with Gasteiger partial charge >= 0.3 is 0 Å². The van der Waals surface area contributed by atoms with E-state index in [-0.39, 0.29) is 30.6 Å². The Bertz CT molecular complexity index is 1260. The lowest BCUT2D eigenvalue weighted by atomic mass is 10.1. The van der Waals surface area contributed by atoms with E-state index in [0.29, 0.717) is 46.8 Å². The number of rotatable bonds is 5. The van der Waals surface area contributed by atoms with Gasteiger partial charge in [-0.3, -0.25) is 14.4 Å². The molecule has 3 heterocycles. The highest BCUT2D eigenvalue weighted by molar-refractivity contribution is 7.14. The predicted molar refractivity (Wildman–Crippen MR) is 127 cm³/mol. The summed E-state index contributed by atoms with van der Waals surface area (Å²) < 4.78 is 11.4. The fourth-order valence-electron chi connectivity index (χ4n) is 3.76. The Labute approximate surface area is 199 Å². The summed E-state index contributed by atoms with van der Waals surface area (Å²) in [7, 11) is 0. The molecule has 0 unspecified atom stereocenters. The van der Waals surface area contributed by atoms with Gasteiger partial charge in [0.05, 0.1) is 30.2 Å². The van der Waals surface area contributed by atoms with Crippen LogP contribution in [0.5, 0.6) is 11.5 Å². The molecule has 174 valence electrons. The van der Waals surface area contributed by atoms with E-state index in [1.54, 1.807) is 24.3 Å². The van der Waals surface area contributed by atoms with Crippen LogP contribution in [0.3, 0.4) is 0 Å². The normalized spacial score (nSPS) is 17.0. The molecule has 0 spiro atoms. The Morgan fingerprint density at radius 2 is 1.94 bits per heavy atom. The topological polar surface area (TPSA) is 119 Å². The first-order chi connectivity index (χ1) is 16.6. The molecule has 0 saturated heterocycles. The maximum Gasteiger partial charge on any atom is 0.254 e. The number of benzene rings is 2. The number of nitrogens with zero attached hydrogens (tertiary/aromatic N) is 1. The number of carbonyl (C=O) groups excluding carboxylic acids is 3. The van der Waals surface area contributed by atoms with Gasteiger partial charge in [0.15, 0.2) is 16.6 Å². The summed E-state index contributed by atoms with van der Waals surface area (Å²) in [6.45, 7) is 1.22. The number of fused-ring (bicyclic) bond motifs is 2. The second-order valence-electron chi connectivity index (χ2n) is 7.90. The van der Waals surface area contributed by atoms with Crippen molar-refractivity contribution in [2.24, 2.45) is 0 Å². The maximum atomic E-state index is 12.5. The average molecular weight is 479 g/mol. The summed E-state index contributed by atoms with van der Waals surface area (Å²) in [5.41, 5.74) is 2.43. The van der Waals surface area contributed by atoms with Crippen LogP contribution in [0.25, 0.3) is 11.3 Å². The van der Waals surface area contributed by atoms with Crippen LogP contribution in [0.4, 0.5) is 10.8 Å². The van der Waals surface area contributed by atoms with E-state index in [1.807, 2.05) is 23.6 Å². The van der Waals surface area contributed by atoms with Gasteiger partial charge in [0.2, 0.25) is 11.8 Å². The average Bonchev–Trinajstić information content (AvgIpc) is 3.11. The number of carbonyl (C=O) groups is 3. The lowest BCUT2D eigenvalue weighted by Gasteiger charge is -2.13. The Morgan fingerprint density at radius 1 is 1.12 bits per heavy atom. The largest absolute Gasteiger partial charge is 0.490 e. The number of aromatic nitrogens is 1. The highest BCUT2D eigenvalue weighted by atomic mass is 32.1. The second kappa shape index (κ2) is 9.52. The lowest BCUT2D eigenvalue weighted by Crippen LogP contribution is -2.41. The Hall–Kier alpha value is -3.92. The van der Waals surface area contributed by atoms with Crippen LogP contribution in [0.2, 0.25) is 0 Å². The molecule has 5 rings (SSSR count). The van der Waals surface area contributed by atoms with E-state index in [9.17, 15) is 14.4 Å². The van der Waals surface area contributed by atoms with Crippen LogP contribution in [-0.4, -0.2) is 42.0 Å². The third-order valence-electron chi connectivity index (χ3n) is 5.51. The zero-order chi connectivity index (χ0) is 23.5. The highest BCUT2D eigenvalue weighted by Gasteiger charge is 2.28. The number of hydrogen-bond donors (Lipinski definition) is 3. The van der Waals surface area contributed by atoms with Gasteiger partial charge in [0.1, 0.15) is 6.04 Å². The van der Waals surface area contributed by atoms with Crippen molar-refractivity contribution in [2.75, 3.05) is 23.8 Å². The van der Waals surface area contributed by atoms with Crippen molar-refractivity contribution in [3.63, 3.8) is 0 Å². The molecule has 0 fully saturated rings. The lowest BCUT2D eigenvalue weighted by molar-refractivity contribution is -0.118. The molecule has 10 heteroatoms. The van der Waals surface area contributed by atoms with E-state index in [2.05, 4.69) is 20.9 Å². The number of para-hydroxylation sites is 1. The van der Waals surface area contributed by atoms with Crippen molar-refractivity contribution >= 4 is 39.9 Å². The van der Waals surface area contributed by atoms with Crippen molar-refractivity contribution in [3.8, 4) is 22.8 Å². The van der Waals surface area contributed by atoms with Gasteiger partial charge < -0.3 is 25.4 Å². The molecule has 3 aromatic rings. The molecule has 2 aliphatic rings. The zero-order valence-corrected chi connectivity index (χ0v) is 18.9. The second-order valence-corrected chi connectivity index (χ2v) is 8.76. The van der Waals surface area contributed by atoms with Crippen molar-refractivity contribution in [2.45, 2.75) is 25.3 Å². The van der Waals surface area contributed by atoms with Crippen LogP contribution >= 0.6 is 11.3 Å². The minimum absolute atomic E-state index is 0.0493. The molecule has 34 heavy (non-hydrogen) atoms. The molecule has 1 aromatic heterocycles. The molecule has 9 nitrogen and oxygen atoms in total. The Morgan fingerprint density at radius 3 is 2.82 bits per heavy atom. The SMILES string of the molecule is O=C(CC[C@H]1NC(=O)c2ccccc2NC1=O)Nc1nc(-c2ccc3c(c2)OCCCO3)cs1. The van der Waals surface area contributed by atoms with Crippen molar-refractivity contribution in [1.82, 2.24) is 10.3 Å². The van der Waals surface area contributed by atoms with Gasteiger partial charge in [-0.15, -0.1) is 11.3 Å². The van der Waals surface area contributed by atoms with E-state index in [1.165, 1.54) is 11.3 Å². The minimum Gasteiger partial charge on any atom is -0.490 e. The molecule has 0 radical (unpaired) electrons. The predicted octanol–water partition coefficient (Wildman–Crippen LogP) is 3.44. The molecular weight excluding hydrogens is 456 g/mol. The first-order valence-corrected chi connectivity index (χ1v) is 11.8. The number of nitrogens with one attached hydrogen (secondary N) is 3. The maximum absolute atomic E-state index is 12.5. The van der Waals surface area contributed by atoms with Crippen molar-refractivity contribution in [1.29, 1.82) is 0 Å². The smallest absolute Gasteiger partial charge is 0.254 e. The van der Waals surface area contributed by atoms with Crippen LogP contribution in [0.15, 0.2) is 47.8 Å². The quantitative estimate of drug-likeness (QED) is 0.517. The summed E-state index contributed by atoms with van der Waals surface area (Å²) in [6.07, 6.45) is 1.04.